The molecule has 34 heavy (non-hydrogen) atoms. The first-order chi connectivity index (χ1) is 16.3. The number of aliphatic imine (C=N–C) groups is 1. The molecule has 0 unspecified atom stereocenters. The molecule has 0 amide bonds. The molecule has 4 rings (SSSR count). The Morgan fingerprint density at radius 1 is 1.06 bits per heavy atom. The summed E-state index contributed by atoms with van der Waals surface area (Å²) < 4.78 is 20.2. The van der Waals surface area contributed by atoms with E-state index in [4.69, 9.17) is 14.2 Å². The van der Waals surface area contributed by atoms with Crippen LogP contribution >= 0.6 is 54.5 Å². The molecule has 0 spiro atoms. The molecule has 1 heterocycles. The molecular weight excluding hydrogens is 677 g/mol. The monoisotopic (exact) mass is 695 g/mol. The normalized spacial score (nSPS) is 14.2. The minimum Gasteiger partial charge on any atom is -0.490 e. The van der Waals surface area contributed by atoms with Gasteiger partial charge in [0.05, 0.1) is 11.1 Å². The first kappa shape index (κ1) is 24.9. The van der Waals surface area contributed by atoms with Crippen LogP contribution in [0.15, 0.2) is 74.2 Å². The summed E-state index contributed by atoms with van der Waals surface area (Å²) in [5.74, 6) is 0.981. The van der Waals surface area contributed by atoms with Gasteiger partial charge in [-0.2, -0.15) is 0 Å². The Labute approximate surface area is 228 Å². The van der Waals surface area contributed by atoms with Gasteiger partial charge in [-0.25, -0.2) is 9.79 Å². The molecule has 0 radical (unpaired) electrons. The second kappa shape index (κ2) is 11.0. The Morgan fingerprint density at radius 3 is 2.53 bits per heavy atom. The molecule has 1 aliphatic rings. The Balaban J connectivity index is 1.61. The predicted molar refractivity (Wildman–Crippen MR) is 148 cm³/mol. The Hall–Kier alpha value is -2.17. The summed E-state index contributed by atoms with van der Waals surface area (Å²) in [6.07, 6.45) is 1.68. The van der Waals surface area contributed by atoms with Crippen LogP contribution in [0.5, 0.6) is 11.5 Å². The van der Waals surface area contributed by atoms with Crippen molar-refractivity contribution < 1.29 is 19.0 Å². The van der Waals surface area contributed by atoms with Crippen molar-refractivity contribution in [2.45, 2.75) is 20.5 Å². The third kappa shape index (κ3) is 5.90. The summed E-state index contributed by atoms with van der Waals surface area (Å²) in [4.78, 5) is 16.9. The number of cyclic esters (lactones) is 1. The molecule has 8 heteroatoms. The zero-order valence-corrected chi connectivity index (χ0v) is 23.7. The van der Waals surface area contributed by atoms with E-state index in [2.05, 4.69) is 59.4 Å². The Bertz CT molecular complexity index is 1300. The molecule has 0 aliphatic carbocycles. The van der Waals surface area contributed by atoms with Gasteiger partial charge in [-0.05, 0) is 118 Å². The van der Waals surface area contributed by atoms with E-state index in [0.29, 0.717) is 35.1 Å². The largest absolute Gasteiger partial charge is 0.490 e. The fourth-order valence-electron chi connectivity index (χ4n) is 3.28. The predicted octanol–water partition coefficient (Wildman–Crippen LogP) is 7.45. The number of hydrogen-bond acceptors (Lipinski definition) is 5. The highest BCUT2D eigenvalue weighted by Gasteiger charge is 2.25. The zero-order valence-electron chi connectivity index (χ0n) is 18.4. The highest BCUT2D eigenvalue weighted by atomic mass is 127. The standard InChI is InChI=1S/C26H20Br2INO4/c1-3-32-23-13-17(11-20(28)24(23)33-14-16-4-7-19(27)8-5-16)12-22-26(31)34-25(30-22)18-6-9-21(29)15(2)10-18/h4-13H,3,14H2,1-2H3/b22-12-. The summed E-state index contributed by atoms with van der Waals surface area (Å²) in [5, 5.41) is 0. The number of carbonyl (C=O) groups is 1. The summed E-state index contributed by atoms with van der Waals surface area (Å²) in [6, 6.07) is 17.4. The maximum absolute atomic E-state index is 12.5. The summed E-state index contributed by atoms with van der Waals surface area (Å²) >= 11 is 9.29. The van der Waals surface area contributed by atoms with Crippen LogP contribution in [-0.4, -0.2) is 18.5 Å². The number of rotatable bonds is 7. The average Bonchev–Trinajstić information content (AvgIpc) is 3.16. The van der Waals surface area contributed by atoms with E-state index in [1.807, 2.05) is 68.4 Å². The molecule has 1 aliphatic heterocycles. The highest BCUT2D eigenvalue weighted by molar-refractivity contribution is 14.1. The SMILES string of the molecule is CCOc1cc(/C=C2\N=C(c3ccc(I)c(C)c3)OC2=O)cc(Br)c1OCc1ccc(Br)cc1. The van der Waals surface area contributed by atoms with Gasteiger partial charge in [-0.3, -0.25) is 0 Å². The van der Waals surface area contributed by atoms with Crippen molar-refractivity contribution in [3.05, 3.63) is 95.1 Å². The molecular formula is C26H20Br2INO4. The zero-order chi connectivity index (χ0) is 24.2. The number of aryl methyl sites for hydroxylation is 1. The van der Waals surface area contributed by atoms with E-state index in [1.165, 1.54) is 0 Å². The number of hydrogen-bond donors (Lipinski definition) is 0. The molecule has 5 nitrogen and oxygen atoms in total. The number of carbonyl (C=O) groups excluding carboxylic acids is 1. The smallest absolute Gasteiger partial charge is 0.363 e. The topological polar surface area (TPSA) is 57.1 Å². The lowest BCUT2D eigenvalue weighted by Gasteiger charge is -2.15. The number of halogens is 3. The van der Waals surface area contributed by atoms with Crippen LogP contribution in [-0.2, 0) is 16.1 Å². The third-order valence-corrected chi connectivity index (χ3v) is 7.28. The molecule has 0 bridgehead atoms. The van der Waals surface area contributed by atoms with Gasteiger partial charge in [0, 0.05) is 13.6 Å². The summed E-state index contributed by atoms with van der Waals surface area (Å²) in [7, 11) is 0. The lowest BCUT2D eigenvalue weighted by molar-refractivity contribution is -0.129. The lowest BCUT2D eigenvalue weighted by Crippen LogP contribution is -2.05. The first-order valence-electron chi connectivity index (χ1n) is 10.5. The van der Waals surface area contributed by atoms with Crippen LogP contribution in [0.2, 0.25) is 0 Å². The van der Waals surface area contributed by atoms with Crippen molar-refractivity contribution in [3.8, 4) is 11.5 Å². The third-order valence-electron chi connectivity index (χ3n) is 4.96. The number of nitrogens with zero attached hydrogens (tertiary/aromatic N) is 1. The van der Waals surface area contributed by atoms with E-state index in [0.717, 1.165) is 30.3 Å². The number of esters is 1. The van der Waals surface area contributed by atoms with Gasteiger partial charge in [0.1, 0.15) is 6.61 Å². The van der Waals surface area contributed by atoms with Crippen LogP contribution in [0.1, 0.15) is 29.2 Å². The molecule has 174 valence electrons. The molecule has 0 aromatic heterocycles. The maximum atomic E-state index is 12.5. The van der Waals surface area contributed by atoms with Gasteiger partial charge in [-0.15, -0.1) is 0 Å². The second-order valence-corrected chi connectivity index (χ2v) is 10.4. The average molecular weight is 697 g/mol. The van der Waals surface area contributed by atoms with Gasteiger partial charge in [0.15, 0.2) is 17.2 Å². The summed E-state index contributed by atoms with van der Waals surface area (Å²) in [6.45, 7) is 4.78. The van der Waals surface area contributed by atoms with Gasteiger partial charge in [0.2, 0.25) is 5.90 Å². The van der Waals surface area contributed by atoms with Gasteiger partial charge < -0.3 is 14.2 Å². The van der Waals surface area contributed by atoms with Crippen LogP contribution in [0.4, 0.5) is 0 Å². The van der Waals surface area contributed by atoms with E-state index in [1.54, 1.807) is 6.08 Å². The van der Waals surface area contributed by atoms with Gasteiger partial charge in [-0.1, -0.05) is 28.1 Å². The molecule has 0 atom stereocenters. The Morgan fingerprint density at radius 2 is 1.82 bits per heavy atom. The Kier molecular flexibility index (Phi) is 8.10. The summed E-state index contributed by atoms with van der Waals surface area (Å²) in [5.41, 5.74) is 3.86. The van der Waals surface area contributed by atoms with Crippen molar-refractivity contribution in [3.63, 3.8) is 0 Å². The van der Waals surface area contributed by atoms with E-state index >= 15 is 0 Å². The molecule has 3 aromatic carbocycles. The van der Waals surface area contributed by atoms with Crippen LogP contribution in [0, 0.1) is 10.5 Å². The minimum absolute atomic E-state index is 0.226. The number of benzene rings is 3. The molecule has 0 saturated carbocycles. The fourth-order valence-corrected chi connectivity index (χ4v) is 4.45. The molecule has 0 saturated heterocycles. The quantitative estimate of drug-likeness (QED) is 0.146. The van der Waals surface area contributed by atoms with E-state index in [-0.39, 0.29) is 5.70 Å². The van der Waals surface area contributed by atoms with Crippen molar-refractivity contribution in [2.75, 3.05) is 6.61 Å². The minimum atomic E-state index is -0.490. The fraction of sp³-hybridized carbons (Fsp3) is 0.154. The van der Waals surface area contributed by atoms with Crippen molar-refractivity contribution in [1.82, 2.24) is 0 Å². The van der Waals surface area contributed by atoms with Crippen molar-refractivity contribution in [2.24, 2.45) is 4.99 Å². The van der Waals surface area contributed by atoms with Gasteiger partial charge >= 0.3 is 5.97 Å². The van der Waals surface area contributed by atoms with E-state index < -0.39 is 5.97 Å². The van der Waals surface area contributed by atoms with Crippen LogP contribution < -0.4 is 9.47 Å². The van der Waals surface area contributed by atoms with Crippen molar-refractivity contribution in [1.29, 1.82) is 0 Å². The van der Waals surface area contributed by atoms with Crippen LogP contribution in [0.3, 0.4) is 0 Å². The molecule has 3 aromatic rings. The highest BCUT2D eigenvalue weighted by Crippen LogP contribution is 2.38. The van der Waals surface area contributed by atoms with Crippen LogP contribution in [0.25, 0.3) is 6.08 Å². The van der Waals surface area contributed by atoms with Gasteiger partial charge in [0.25, 0.3) is 0 Å². The molecule has 0 N–H and O–H groups in total. The maximum Gasteiger partial charge on any atom is 0.363 e. The first-order valence-corrected chi connectivity index (χ1v) is 13.1. The number of ether oxygens (including phenoxy) is 3. The lowest BCUT2D eigenvalue weighted by atomic mass is 10.1. The van der Waals surface area contributed by atoms with Crippen molar-refractivity contribution >= 4 is 72.4 Å². The molecule has 0 fully saturated rings. The van der Waals surface area contributed by atoms with E-state index in [9.17, 15) is 4.79 Å². The second-order valence-electron chi connectivity index (χ2n) is 7.48.